The molecule has 0 aliphatic rings. The molecule has 2 aromatic rings. The van der Waals surface area contributed by atoms with Crippen molar-refractivity contribution < 1.29 is 18.1 Å². The fourth-order valence-electron chi connectivity index (χ4n) is 1.66. The van der Waals surface area contributed by atoms with E-state index in [1.165, 1.54) is 36.5 Å². The molecule has 4 nitrogen and oxygen atoms in total. The highest BCUT2D eigenvalue weighted by Gasteiger charge is 2.29. The second kappa shape index (κ2) is 5.74. The lowest BCUT2D eigenvalue weighted by atomic mass is 10.1. The second-order valence-corrected chi connectivity index (χ2v) is 4.14. The number of nitro groups is 1. The number of hydrogen-bond donors (Lipinski definition) is 0. The standard InChI is InChI=1S/C14H9F3N2O2/c15-14(16,17)12-5-2-10(3-6-12)1-4-11-7-8-18-9-13(11)19(20)21/h1-9H/b4-1+. The topological polar surface area (TPSA) is 56.0 Å². The molecular weight excluding hydrogens is 285 g/mol. The summed E-state index contributed by atoms with van der Waals surface area (Å²) in [4.78, 5) is 13.9. The van der Waals surface area contributed by atoms with Gasteiger partial charge in [-0.25, -0.2) is 0 Å². The number of pyridine rings is 1. The van der Waals surface area contributed by atoms with Crippen LogP contribution in [0.25, 0.3) is 12.2 Å². The van der Waals surface area contributed by atoms with Gasteiger partial charge < -0.3 is 0 Å². The molecule has 0 saturated heterocycles. The molecule has 0 bridgehead atoms. The maximum absolute atomic E-state index is 12.4. The minimum atomic E-state index is -4.38. The summed E-state index contributed by atoms with van der Waals surface area (Å²) in [6.07, 6.45) is 1.10. The lowest BCUT2D eigenvalue weighted by Gasteiger charge is -2.05. The van der Waals surface area contributed by atoms with Crippen LogP contribution in [0.4, 0.5) is 18.9 Å². The summed E-state index contributed by atoms with van der Waals surface area (Å²) in [5.41, 5.74) is -0.0702. The Balaban J connectivity index is 2.24. The summed E-state index contributed by atoms with van der Waals surface area (Å²) in [6.45, 7) is 0. The molecule has 0 aliphatic carbocycles. The molecule has 0 fully saturated rings. The average molecular weight is 294 g/mol. The largest absolute Gasteiger partial charge is 0.416 e. The summed E-state index contributed by atoms with van der Waals surface area (Å²) in [6, 6.07) is 5.97. The molecule has 0 unspecified atom stereocenters. The average Bonchev–Trinajstić information content (AvgIpc) is 2.45. The molecule has 0 amide bonds. The zero-order chi connectivity index (χ0) is 15.5. The predicted molar refractivity (Wildman–Crippen MR) is 71.3 cm³/mol. The van der Waals surface area contributed by atoms with E-state index in [4.69, 9.17) is 0 Å². The van der Waals surface area contributed by atoms with Crippen molar-refractivity contribution in [3.63, 3.8) is 0 Å². The van der Waals surface area contributed by atoms with Gasteiger partial charge in [-0.15, -0.1) is 0 Å². The van der Waals surface area contributed by atoms with Crippen molar-refractivity contribution in [3.05, 3.63) is 69.5 Å². The number of benzene rings is 1. The Morgan fingerprint density at radius 2 is 1.76 bits per heavy atom. The van der Waals surface area contributed by atoms with Crippen molar-refractivity contribution in [1.82, 2.24) is 4.98 Å². The van der Waals surface area contributed by atoms with Crippen LogP contribution in [-0.2, 0) is 6.18 Å². The summed E-state index contributed by atoms with van der Waals surface area (Å²) < 4.78 is 37.2. The molecule has 1 heterocycles. The number of hydrogen-bond acceptors (Lipinski definition) is 3. The number of aromatic nitrogens is 1. The van der Waals surface area contributed by atoms with E-state index in [1.807, 2.05) is 0 Å². The molecular formula is C14H9F3N2O2. The van der Waals surface area contributed by atoms with E-state index >= 15 is 0 Å². The summed E-state index contributed by atoms with van der Waals surface area (Å²) in [5.74, 6) is 0. The Morgan fingerprint density at radius 1 is 1.10 bits per heavy atom. The first-order valence-electron chi connectivity index (χ1n) is 5.81. The number of nitrogens with zero attached hydrogens (tertiary/aromatic N) is 2. The molecule has 0 saturated carbocycles. The third-order valence-corrected chi connectivity index (χ3v) is 2.72. The van der Waals surface area contributed by atoms with Gasteiger partial charge in [0.15, 0.2) is 0 Å². The quantitative estimate of drug-likeness (QED) is 0.630. The van der Waals surface area contributed by atoms with Crippen LogP contribution in [0.2, 0.25) is 0 Å². The monoisotopic (exact) mass is 294 g/mol. The van der Waals surface area contributed by atoms with Crippen LogP contribution in [0.3, 0.4) is 0 Å². The molecule has 0 atom stereocenters. The highest BCUT2D eigenvalue weighted by atomic mass is 19.4. The Hall–Kier alpha value is -2.70. The van der Waals surface area contributed by atoms with Crippen LogP contribution >= 0.6 is 0 Å². The van der Waals surface area contributed by atoms with Gasteiger partial charge in [0.2, 0.25) is 0 Å². The Morgan fingerprint density at radius 3 is 2.33 bits per heavy atom. The molecule has 0 aliphatic heterocycles. The van der Waals surface area contributed by atoms with Crippen molar-refractivity contribution in [2.75, 3.05) is 0 Å². The molecule has 21 heavy (non-hydrogen) atoms. The number of halogens is 3. The van der Waals surface area contributed by atoms with Crippen molar-refractivity contribution in [1.29, 1.82) is 0 Å². The van der Waals surface area contributed by atoms with Crippen molar-refractivity contribution in [3.8, 4) is 0 Å². The molecule has 0 radical (unpaired) electrons. The van der Waals surface area contributed by atoms with Gasteiger partial charge in [-0.3, -0.25) is 15.1 Å². The van der Waals surface area contributed by atoms with E-state index in [0.29, 0.717) is 11.1 Å². The normalized spacial score (nSPS) is 11.8. The third kappa shape index (κ3) is 3.65. The number of rotatable bonds is 3. The Labute approximate surface area is 117 Å². The SMILES string of the molecule is O=[N+]([O-])c1cnccc1/C=C/c1ccc(C(F)(F)F)cc1. The highest BCUT2D eigenvalue weighted by molar-refractivity contribution is 5.73. The highest BCUT2D eigenvalue weighted by Crippen LogP contribution is 2.29. The minimum Gasteiger partial charge on any atom is -0.258 e. The van der Waals surface area contributed by atoms with Crippen LogP contribution in [-0.4, -0.2) is 9.91 Å². The van der Waals surface area contributed by atoms with Crippen LogP contribution in [0.15, 0.2) is 42.7 Å². The molecule has 7 heteroatoms. The van der Waals surface area contributed by atoms with Crippen molar-refractivity contribution in [2.24, 2.45) is 0 Å². The van der Waals surface area contributed by atoms with Crippen LogP contribution < -0.4 is 0 Å². The molecule has 0 N–H and O–H groups in total. The van der Waals surface area contributed by atoms with Gasteiger partial charge in [0.25, 0.3) is 5.69 Å². The summed E-state index contributed by atoms with van der Waals surface area (Å²) in [5, 5.41) is 10.8. The van der Waals surface area contributed by atoms with E-state index in [9.17, 15) is 23.3 Å². The first-order chi connectivity index (χ1) is 9.88. The van der Waals surface area contributed by atoms with Crippen LogP contribution in [0.5, 0.6) is 0 Å². The van der Waals surface area contributed by atoms with E-state index in [2.05, 4.69) is 4.98 Å². The zero-order valence-electron chi connectivity index (χ0n) is 10.5. The lowest BCUT2D eigenvalue weighted by molar-refractivity contribution is -0.385. The van der Waals surface area contributed by atoms with Gasteiger partial charge in [-0.2, -0.15) is 13.2 Å². The fourth-order valence-corrected chi connectivity index (χ4v) is 1.66. The molecule has 108 valence electrons. The lowest BCUT2D eigenvalue weighted by Crippen LogP contribution is -2.03. The van der Waals surface area contributed by atoms with Gasteiger partial charge in [0.1, 0.15) is 6.20 Å². The molecule has 1 aromatic carbocycles. The number of alkyl halides is 3. The fraction of sp³-hybridized carbons (Fsp3) is 0.0714. The third-order valence-electron chi connectivity index (χ3n) is 2.72. The van der Waals surface area contributed by atoms with Crippen molar-refractivity contribution >= 4 is 17.8 Å². The summed E-state index contributed by atoms with van der Waals surface area (Å²) >= 11 is 0. The van der Waals surface area contributed by atoms with E-state index in [-0.39, 0.29) is 5.69 Å². The van der Waals surface area contributed by atoms with Gasteiger partial charge in [-0.05, 0) is 29.8 Å². The van der Waals surface area contributed by atoms with Crippen LogP contribution in [0.1, 0.15) is 16.7 Å². The van der Waals surface area contributed by atoms with Crippen molar-refractivity contribution in [2.45, 2.75) is 6.18 Å². The van der Waals surface area contributed by atoms with Gasteiger partial charge >= 0.3 is 6.18 Å². The van der Waals surface area contributed by atoms with Gasteiger partial charge in [0.05, 0.1) is 16.1 Å². The van der Waals surface area contributed by atoms with Crippen LogP contribution in [0, 0.1) is 10.1 Å². The zero-order valence-corrected chi connectivity index (χ0v) is 10.5. The first-order valence-corrected chi connectivity index (χ1v) is 5.81. The Kier molecular flexibility index (Phi) is 4.02. The smallest absolute Gasteiger partial charge is 0.258 e. The van der Waals surface area contributed by atoms with E-state index in [1.54, 1.807) is 0 Å². The Bertz CT molecular complexity index is 679. The maximum atomic E-state index is 12.4. The molecule has 2 rings (SSSR count). The molecule has 1 aromatic heterocycles. The molecule has 0 spiro atoms. The first kappa shape index (κ1) is 14.7. The summed E-state index contributed by atoms with van der Waals surface area (Å²) in [7, 11) is 0. The van der Waals surface area contributed by atoms with Gasteiger partial charge in [0, 0.05) is 6.20 Å². The van der Waals surface area contributed by atoms with E-state index < -0.39 is 16.7 Å². The predicted octanol–water partition coefficient (Wildman–Crippen LogP) is 4.18. The minimum absolute atomic E-state index is 0.166. The second-order valence-electron chi connectivity index (χ2n) is 4.14. The van der Waals surface area contributed by atoms with Gasteiger partial charge in [-0.1, -0.05) is 18.2 Å². The van der Waals surface area contributed by atoms with E-state index in [0.717, 1.165) is 18.3 Å². The maximum Gasteiger partial charge on any atom is 0.416 e.